The number of ether oxygens (including phenoxy) is 1. The molecule has 0 atom stereocenters. The van der Waals surface area contributed by atoms with E-state index in [4.69, 9.17) is 9.72 Å². The van der Waals surface area contributed by atoms with Crippen molar-refractivity contribution in [3.05, 3.63) is 89.6 Å². The van der Waals surface area contributed by atoms with Crippen LogP contribution in [0.3, 0.4) is 0 Å². The normalized spacial score (nSPS) is 14.2. The molecule has 8 heteroatoms. The molecule has 0 saturated carbocycles. The monoisotopic (exact) mass is 501 g/mol. The predicted octanol–water partition coefficient (Wildman–Crippen LogP) is 4.22. The van der Waals surface area contributed by atoms with E-state index in [0.717, 1.165) is 66.9 Å². The fourth-order valence-corrected chi connectivity index (χ4v) is 5.25. The number of hydrogen-bond donors (Lipinski definition) is 1. The first kappa shape index (κ1) is 24.5. The van der Waals surface area contributed by atoms with Gasteiger partial charge in [0.1, 0.15) is 5.52 Å². The van der Waals surface area contributed by atoms with E-state index in [1.807, 2.05) is 42.5 Å². The van der Waals surface area contributed by atoms with Gasteiger partial charge < -0.3 is 10.1 Å². The van der Waals surface area contributed by atoms with Crippen LogP contribution < -0.4 is 5.32 Å². The first-order valence-electron chi connectivity index (χ1n) is 12.4. The molecule has 5 rings (SSSR count). The Morgan fingerprint density at radius 1 is 0.972 bits per heavy atom. The zero-order chi connectivity index (χ0) is 24.6. The van der Waals surface area contributed by atoms with E-state index in [-0.39, 0.29) is 5.91 Å². The van der Waals surface area contributed by atoms with Gasteiger partial charge in [-0.3, -0.25) is 14.3 Å². The van der Waals surface area contributed by atoms with Crippen molar-refractivity contribution in [2.24, 2.45) is 0 Å². The average molecular weight is 502 g/mol. The van der Waals surface area contributed by atoms with Crippen molar-refractivity contribution >= 4 is 28.8 Å². The summed E-state index contributed by atoms with van der Waals surface area (Å²) in [6, 6.07) is 22.2. The summed E-state index contributed by atoms with van der Waals surface area (Å²) in [4.78, 5) is 24.4. The third-order valence-corrected chi connectivity index (χ3v) is 7.32. The molecule has 7 nitrogen and oxygen atoms in total. The molecule has 0 bridgehead atoms. The number of fused-ring (bicyclic) bond motifs is 1. The van der Waals surface area contributed by atoms with Crippen LogP contribution in [-0.4, -0.2) is 64.7 Å². The Morgan fingerprint density at radius 2 is 1.78 bits per heavy atom. The lowest BCUT2D eigenvalue weighted by molar-refractivity contribution is 0.0374. The Kier molecular flexibility index (Phi) is 8.28. The number of aromatic nitrogens is 3. The molecule has 0 aliphatic carbocycles. The fraction of sp³-hybridized carbons (Fsp3) is 0.321. The summed E-state index contributed by atoms with van der Waals surface area (Å²) >= 11 is 1.71. The second-order valence-electron chi connectivity index (χ2n) is 8.86. The Balaban J connectivity index is 1.20. The van der Waals surface area contributed by atoms with Crippen LogP contribution in [0.5, 0.6) is 0 Å². The highest BCUT2D eigenvalue weighted by atomic mass is 32.2. The summed E-state index contributed by atoms with van der Waals surface area (Å²) in [6.07, 6.45) is 2.74. The van der Waals surface area contributed by atoms with Crippen molar-refractivity contribution in [1.29, 1.82) is 0 Å². The lowest BCUT2D eigenvalue weighted by Gasteiger charge is -2.26. The van der Waals surface area contributed by atoms with Gasteiger partial charge in [-0.2, -0.15) is 0 Å². The highest BCUT2D eigenvalue weighted by molar-refractivity contribution is 7.98. The molecule has 4 aromatic rings. The molecule has 1 amide bonds. The number of carbonyl (C=O) groups excluding carboxylic acids is 1. The van der Waals surface area contributed by atoms with Crippen molar-refractivity contribution in [2.45, 2.75) is 23.9 Å². The molecule has 0 radical (unpaired) electrons. The predicted molar refractivity (Wildman–Crippen MR) is 143 cm³/mol. The summed E-state index contributed by atoms with van der Waals surface area (Å²) in [6.45, 7) is 5.86. The third kappa shape index (κ3) is 6.32. The maximum atomic E-state index is 12.6. The van der Waals surface area contributed by atoms with Gasteiger partial charge in [0.05, 0.1) is 19.8 Å². The number of imidazole rings is 1. The van der Waals surface area contributed by atoms with Gasteiger partial charge >= 0.3 is 0 Å². The first-order chi connectivity index (χ1) is 17.8. The number of benzene rings is 2. The maximum Gasteiger partial charge on any atom is 0.251 e. The van der Waals surface area contributed by atoms with Gasteiger partial charge in [0.25, 0.3) is 5.91 Å². The Hall–Kier alpha value is -3.20. The molecule has 0 spiro atoms. The molecular formula is C28H31N5O2S. The minimum atomic E-state index is -0.0302. The van der Waals surface area contributed by atoms with E-state index in [1.165, 1.54) is 5.56 Å². The van der Waals surface area contributed by atoms with E-state index in [0.29, 0.717) is 18.7 Å². The van der Waals surface area contributed by atoms with E-state index in [9.17, 15) is 4.79 Å². The summed E-state index contributed by atoms with van der Waals surface area (Å²) in [5, 5.41) is 3.98. The minimum Gasteiger partial charge on any atom is -0.379 e. The molecule has 2 aromatic carbocycles. The number of amides is 1. The van der Waals surface area contributed by atoms with Crippen molar-refractivity contribution < 1.29 is 9.53 Å². The molecule has 0 unspecified atom stereocenters. The molecule has 1 saturated heterocycles. The van der Waals surface area contributed by atoms with Crippen LogP contribution in [0.1, 0.15) is 27.9 Å². The maximum absolute atomic E-state index is 12.6. The summed E-state index contributed by atoms with van der Waals surface area (Å²) in [7, 11) is 0. The minimum absolute atomic E-state index is 0.0302. The van der Waals surface area contributed by atoms with Crippen LogP contribution in [0.4, 0.5) is 0 Å². The van der Waals surface area contributed by atoms with Crippen molar-refractivity contribution in [3.63, 3.8) is 0 Å². The molecule has 1 aliphatic rings. The Labute approximate surface area is 215 Å². The number of carbonyl (C=O) groups is 1. The molecule has 1 N–H and O–H groups in total. The fourth-order valence-electron chi connectivity index (χ4n) is 4.29. The highest BCUT2D eigenvalue weighted by Crippen LogP contribution is 2.27. The molecule has 186 valence electrons. The number of nitrogens with one attached hydrogen (secondary N) is 1. The standard InChI is InChI=1S/C28H31N5O2S/c34-27(30-14-5-15-32-16-18-35-19-17-32)24-11-9-22(10-12-24)20-33-26-25(8-4-13-29-26)31-28(33)36-21-23-6-2-1-3-7-23/h1-4,6-13H,5,14-21H2,(H,30,34). The van der Waals surface area contributed by atoms with Crippen LogP contribution in [0.25, 0.3) is 11.2 Å². The number of pyridine rings is 1. The van der Waals surface area contributed by atoms with Crippen molar-refractivity contribution in [1.82, 2.24) is 24.8 Å². The van der Waals surface area contributed by atoms with E-state index < -0.39 is 0 Å². The summed E-state index contributed by atoms with van der Waals surface area (Å²) in [5.41, 5.74) is 4.80. The van der Waals surface area contributed by atoms with Gasteiger partial charge in [-0.1, -0.05) is 54.2 Å². The van der Waals surface area contributed by atoms with Crippen LogP contribution >= 0.6 is 11.8 Å². The largest absolute Gasteiger partial charge is 0.379 e. The van der Waals surface area contributed by atoms with Gasteiger partial charge in [0, 0.05) is 37.1 Å². The smallest absolute Gasteiger partial charge is 0.251 e. The average Bonchev–Trinajstić information content (AvgIpc) is 3.28. The molecule has 1 fully saturated rings. The van der Waals surface area contributed by atoms with Crippen LogP contribution in [-0.2, 0) is 17.0 Å². The van der Waals surface area contributed by atoms with Gasteiger partial charge in [0.15, 0.2) is 10.8 Å². The Morgan fingerprint density at radius 3 is 2.58 bits per heavy atom. The highest BCUT2D eigenvalue weighted by Gasteiger charge is 2.14. The van der Waals surface area contributed by atoms with Gasteiger partial charge in [-0.15, -0.1) is 0 Å². The second-order valence-corrected chi connectivity index (χ2v) is 9.80. The molecule has 1 aliphatic heterocycles. The topological polar surface area (TPSA) is 72.3 Å². The van der Waals surface area contributed by atoms with E-state index in [2.05, 4.69) is 44.0 Å². The number of rotatable bonds is 10. The SMILES string of the molecule is O=C(NCCCN1CCOCC1)c1ccc(Cn2c(SCc3ccccc3)nc3cccnc32)cc1. The van der Waals surface area contributed by atoms with Crippen molar-refractivity contribution in [2.75, 3.05) is 39.4 Å². The van der Waals surface area contributed by atoms with Gasteiger partial charge in [0.2, 0.25) is 0 Å². The number of nitrogens with zero attached hydrogens (tertiary/aromatic N) is 4. The Bertz CT molecular complexity index is 1270. The van der Waals surface area contributed by atoms with E-state index in [1.54, 1.807) is 18.0 Å². The van der Waals surface area contributed by atoms with Crippen LogP contribution in [0, 0.1) is 0 Å². The number of morpholine rings is 1. The summed E-state index contributed by atoms with van der Waals surface area (Å²) < 4.78 is 7.54. The van der Waals surface area contributed by atoms with Crippen LogP contribution in [0.2, 0.25) is 0 Å². The first-order valence-corrected chi connectivity index (χ1v) is 13.4. The lowest BCUT2D eigenvalue weighted by atomic mass is 10.1. The number of hydrogen-bond acceptors (Lipinski definition) is 6. The summed E-state index contributed by atoms with van der Waals surface area (Å²) in [5.74, 6) is 0.812. The quantitative estimate of drug-likeness (QED) is 0.259. The second kappa shape index (κ2) is 12.2. The molecular weight excluding hydrogens is 470 g/mol. The molecule has 3 heterocycles. The van der Waals surface area contributed by atoms with Crippen molar-refractivity contribution in [3.8, 4) is 0 Å². The number of thioether (sulfide) groups is 1. The lowest BCUT2D eigenvalue weighted by Crippen LogP contribution is -2.38. The van der Waals surface area contributed by atoms with E-state index >= 15 is 0 Å². The van der Waals surface area contributed by atoms with Gasteiger partial charge in [-0.25, -0.2) is 9.97 Å². The third-order valence-electron chi connectivity index (χ3n) is 6.28. The van der Waals surface area contributed by atoms with Gasteiger partial charge in [-0.05, 0) is 48.4 Å². The molecule has 36 heavy (non-hydrogen) atoms. The van der Waals surface area contributed by atoms with Crippen LogP contribution in [0.15, 0.2) is 78.1 Å². The molecule has 2 aromatic heterocycles. The zero-order valence-electron chi connectivity index (χ0n) is 20.3. The zero-order valence-corrected chi connectivity index (χ0v) is 21.1.